The molecule has 0 aliphatic carbocycles. The average Bonchev–Trinajstić information content (AvgIpc) is 2.97. The number of aryl methyl sites for hydroxylation is 2. The molecule has 232 valence electrons. The minimum Gasteiger partial charge on any atom is -0.494 e. The van der Waals surface area contributed by atoms with Gasteiger partial charge in [-0.2, -0.15) is 0 Å². The molecule has 0 amide bonds. The predicted octanol–water partition coefficient (Wildman–Crippen LogP) is 13.1. The molecule has 0 N–H and O–H groups in total. The smallest absolute Gasteiger partial charge is 0.119 e. The van der Waals surface area contributed by atoms with Gasteiger partial charge in [0.15, 0.2) is 0 Å². The number of hydrogen-bond donors (Lipinski definition) is 0. The van der Waals surface area contributed by atoms with Crippen molar-refractivity contribution >= 4 is 11.8 Å². The van der Waals surface area contributed by atoms with Gasteiger partial charge in [0, 0.05) is 9.79 Å². The van der Waals surface area contributed by atoms with Crippen LogP contribution in [0.15, 0.2) is 46.2 Å². The van der Waals surface area contributed by atoms with Crippen molar-refractivity contribution in [2.75, 3.05) is 13.2 Å². The Labute approximate surface area is 258 Å². The standard InChI is InChI=1S/C38H62O2S/c1-5-7-9-11-13-15-17-19-21-23-29-39-35-25-27-37(33(3)31-35)41-38-28-26-36(32-34(38)4)40-30-24-22-20-18-16-14-12-10-8-6-2/h25-28,31-32H,5-24,29-30H2,1-4H3. The third-order valence-electron chi connectivity index (χ3n) is 8.05. The van der Waals surface area contributed by atoms with Gasteiger partial charge in [-0.3, -0.25) is 0 Å². The fraction of sp³-hybridized carbons (Fsp3) is 0.684. The van der Waals surface area contributed by atoms with E-state index in [9.17, 15) is 0 Å². The van der Waals surface area contributed by atoms with E-state index in [0.717, 1.165) is 37.6 Å². The Morgan fingerprint density at radius 1 is 0.439 bits per heavy atom. The molecule has 0 atom stereocenters. The summed E-state index contributed by atoms with van der Waals surface area (Å²) in [4.78, 5) is 2.58. The molecule has 0 fully saturated rings. The second-order valence-corrected chi connectivity index (χ2v) is 13.1. The van der Waals surface area contributed by atoms with Crippen LogP contribution in [0.5, 0.6) is 11.5 Å². The summed E-state index contributed by atoms with van der Waals surface area (Å²) in [5, 5.41) is 0. The second kappa shape index (κ2) is 23.9. The van der Waals surface area contributed by atoms with E-state index in [2.05, 4.69) is 64.1 Å². The van der Waals surface area contributed by atoms with E-state index in [4.69, 9.17) is 9.47 Å². The van der Waals surface area contributed by atoms with Gasteiger partial charge in [0.2, 0.25) is 0 Å². The first-order valence-electron chi connectivity index (χ1n) is 17.3. The summed E-state index contributed by atoms with van der Waals surface area (Å²) in [6.45, 7) is 10.6. The summed E-state index contributed by atoms with van der Waals surface area (Å²) in [5.41, 5.74) is 2.55. The predicted molar refractivity (Wildman–Crippen MR) is 181 cm³/mol. The van der Waals surface area contributed by atoms with Crippen molar-refractivity contribution < 1.29 is 9.47 Å². The third kappa shape index (κ3) is 17.2. The van der Waals surface area contributed by atoms with E-state index in [1.807, 2.05) is 11.8 Å². The molecule has 3 heteroatoms. The quantitative estimate of drug-likeness (QED) is 0.103. The van der Waals surface area contributed by atoms with Crippen molar-refractivity contribution in [1.82, 2.24) is 0 Å². The van der Waals surface area contributed by atoms with Gasteiger partial charge < -0.3 is 9.47 Å². The highest BCUT2D eigenvalue weighted by Crippen LogP contribution is 2.35. The molecular weight excluding hydrogens is 520 g/mol. The van der Waals surface area contributed by atoms with E-state index in [-0.39, 0.29) is 0 Å². The highest BCUT2D eigenvalue weighted by Gasteiger charge is 2.07. The van der Waals surface area contributed by atoms with Crippen molar-refractivity contribution in [2.45, 2.75) is 166 Å². The summed E-state index contributed by atoms with van der Waals surface area (Å²) >= 11 is 1.84. The minimum atomic E-state index is 0.822. The molecule has 0 heterocycles. The van der Waals surface area contributed by atoms with Crippen LogP contribution < -0.4 is 9.47 Å². The van der Waals surface area contributed by atoms with Gasteiger partial charge in [-0.1, -0.05) is 141 Å². The fourth-order valence-corrected chi connectivity index (χ4v) is 6.28. The lowest BCUT2D eigenvalue weighted by atomic mass is 10.1. The van der Waals surface area contributed by atoms with Gasteiger partial charge in [0.1, 0.15) is 11.5 Å². The first kappa shape index (κ1) is 35.6. The lowest BCUT2D eigenvalue weighted by molar-refractivity contribution is 0.304. The van der Waals surface area contributed by atoms with Crippen molar-refractivity contribution in [3.05, 3.63) is 47.5 Å². The molecule has 0 aliphatic heterocycles. The van der Waals surface area contributed by atoms with Crippen LogP contribution in [0.1, 0.15) is 153 Å². The SMILES string of the molecule is CCCCCCCCCCCCOc1ccc(Sc2ccc(OCCCCCCCCCCCC)cc2C)c(C)c1. The molecule has 2 rings (SSSR count). The molecule has 41 heavy (non-hydrogen) atoms. The topological polar surface area (TPSA) is 18.5 Å². The number of rotatable bonds is 26. The zero-order valence-electron chi connectivity index (χ0n) is 27.2. The van der Waals surface area contributed by atoms with Gasteiger partial charge in [-0.05, 0) is 74.2 Å². The first-order valence-corrected chi connectivity index (χ1v) is 18.1. The van der Waals surface area contributed by atoms with Gasteiger partial charge in [0.05, 0.1) is 13.2 Å². The summed E-state index contributed by atoms with van der Waals surface area (Å²) in [6, 6.07) is 13.1. The highest BCUT2D eigenvalue weighted by molar-refractivity contribution is 7.99. The molecule has 0 aromatic heterocycles. The van der Waals surface area contributed by atoms with Crippen molar-refractivity contribution in [2.24, 2.45) is 0 Å². The zero-order chi connectivity index (χ0) is 29.4. The summed E-state index contributed by atoms with van der Waals surface area (Å²) in [7, 11) is 0. The minimum absolute atomic E-state index is 0.822. The Morgan fingerprint density at radius 2 is 0.756 bits per heavy atom. The van der Waals surface area contributed by atoms with Gasteiger partial charge in [-0.15, -0.1) is 0 Å². The molecule has 0 radical (unpaired) electrons. The van der Waals surface area contributed by atoms with E-state index in [1.165, 1.54) is 136 Å². The number of unbranched alkanes of at least 4 members (excludes halogenated alkanes) is 18. The molecule has 2 nitrogen and oxygen atoms in total. The van der Waals surface area contributed by atoms with Gasteiger partial charge >= 0.3 is 0 Å². The number of benzene rings is 2. The Hall–Kier alpha value is -1.61. The molecular formula is C38H62O2S. The summed E-state index contributed by atoms with van der Waals surface area (Å²) < 4.78 is 12.1. The Kier molecular flexibility index (Phi) is 20.7. The maximum atomic E-state index is 6.07. The highest BCUT2D eigenvalue weighted by atomic mass is 32.2. The molecule has 0 aliphatic rings. The Balaban J connectivity index is 1.59. The molecule has 0 bridgehead atoms. The monoisotopic (exact) mass is 582 g/mol. The van der Waals surface area contributed by atoms with Crippen LogP contribution in [0, 0.1) is 13.8 Å². The third-order valence-corrected chi connectivity index (χ3v) is 9.40. The molecule has 2 aromatic rings. The normalized spacial score (nSPS) is 11.2. The van der Waals surface area contributed by atoms with E-state index in [1.54, 1.807) is 0 Å². The molecule has 0 spiro atoms. The Bertz CT molecular complexity index is 836. The second-order valence-electron chi connectivity index (χ2n) is 12.0. The maximum absolute atomic E-state index is 6.07. The van der Waals surface area contributed by atoms with Crippen LogP contribution in [0.3, 0.4) is 0 Å². The van der Waals surface area contributed by atoms with Crippen LogP contribution in [0.2, 0.25) is 0 Å². The number of ether oxygens (including phenoxy) is 2. The van der Waals surface area contributed by atoms with Gasteiger partial charge in [-0.25, -0.2) is 0 Å². The molecule has 0 saturated carbocycles. The zero-order valence-corrected chi connectivity index (χ0v) is 28.1. The van der Waals surface area contributed by atoms with Crippen molar-refractivity contribution in [1.29, 1.82) is 0 Å². The van der Waals surface area contributed by atoms with Crippen LogP contribution in [0.4, 0.5) is 0 Å². The van der Waals surface area contributed by atoms with E-state index >= 15 is 0 Å². The largest absolute Gasteiger partial charge is 0.494 e. The molecule has 0 unspecified atom stereocenters. The maximum Gasteiger partial charge on any atom is 0.119 e. The van der Waals surface area contributed by atoms with Crippen molar-refractivity contribution in [3.63, 3.8) is 0 Å². The lowest BCUT2D eigenvalue weighted by Gasteiger charge is -2.13. The van der Waals surface area contributed by atoms with Gasteiger partial charge in [0.25, 0.3) is 0 Å². The first-order chi connectivity index (χ1) is 20.1. The average molecular weight is 583 g/mol. The number of hydrogen-bond acceptors (Lipinski definition) is 3. The van der Waals surface area contributed by atoms with Crippen LogP contribution in [-0.4, -0.2) is 13.2 Å². The Morgan fingerprint density at radius 3 is 1.07 bits per heavy atom. The molecule has 2 aromatic carbocycles. The lowest BCUT2D eigenvalue weighted by Crippen LogP contribution is -1.98. The van der Waals surface area contributed by atoms with Crippen molar-refractivity contribution in [3.8, 4) is 11.5 Å². The van der Waals surface area contributed by atoms with Crippen LogP contribution in [-0.2, 0) is 0 Å². The van der Waals surface area contributed by atoms with Crippen LogP contribution >= 0.6 is 11.8 Å². The summed E-state index contributed by atoms with van der Waals surface area (Å²) in [5.74, 6) is 1.99. The van der Waals surface area contributed by atoms with Crippen LogP contribution in [0.25, 0.3) is 0 Å². The fourth-order valence-electron chi connectivity index (χ4n) is 5.33. The summed E-state index contributed by atoms with van der Waals surface area (Å²) in [6.07, 6.45) is 27.1. The molecule has 0 saturated heterocycles. The van der Waals surface area contributed by atoms with E-state index < -0.39 is 0 Å². The van der Waals surface area contributed by atoms with E-state index in [0.29, 0.717) is 0 Å².